The standard InChI is InChI=1S/C7H6BrN3/c8-6-2-1-3-7(11-6)10-5-4-9/h1-3H,5H2,(H,10,11). The normalized spacial score (nSPS) is 8.73. The Labute approximate surface area is 73.2 Å². The highest BCUT2D eigenvalue weighted by atomic mass is 79.9. The Morgan fingerprint density at radius 1 is 1.64 bits per heavy atom. The lowest BCUT2D eigenvalue weighted by Crippen LogP contribution is -1.99. The predicted molar refractivity (Wildman–Crippen MR) is 46.0 cm³/mol. The van der Waals surface area contributed by atoms with E-state index in [1.165, 1.54) is 0 Å². The predicted octanol–water partition coefficient (Wildman–Crippen LogP) is 1.78. The highest BCUT2D eigenvalue weighted by molar-refractivity contribution is 9.10. The molecule has 1 aromatic rings. The lowest BCUT2D eigenvalue weighted by molar-refractivity contribution is 1.20. The maximum atomic E-state index is 8.24. The van der Waals surface area contributed by atoms with Crippen molar-refractivity contribution in [3.05, 3.63) is 22.8 Å². The van der Waals surface area contributed by atoms with Crippen molar-refractivity contribution in [1.29, 1.82) is 5.26 Å². The van der Waals surface area contributed by atoms with E-state index in [1.54, 1.807) is 0 Å². The summed E-state index contributed by atoms with van der Waals surface area (Å²) in [7, 11) is 0. The van der Waals surface area contributed by atoms with Gasteiger partial charge in [0.1, 0.15) is 17.0 Å². The second-order valence-corrected chi connectivity index (χ2v) is 2.67. The summed E-state index contributed by atoms with van der Waals surface area (Å²) >= 11 is 3.22. The number of anilines is 1. The molecule has 1 N–H and O–H groups in total. The molecule has 0 aliphatic heterocycles. The average molecular weight is 212 g/mol. The van der Waals surface area contributed by atoms with Crippen LogP contribution in [0.25, 0.3) is 0 Å². The van der Waals surface area contributed by atoms with E-state index in [1.807, 2.05) is 24.3 Å². The van der Waals surface area contributed by atoms with Crippen molar-refractivity contribution in [3.8, 4) is 6.07 Å². The summed E-state index contributed by atoms with van der Waals surface area (Å²) in [5.74, 6) is 0.709. The molecule has 0 saturated carbocycles. The van der Waals surface area contributed by atoms with E-state index in [0.29, 0.717) is 5.82 Å². The summed E-state index contributed by atoms with van der Waals surface area (Å²) in [5.41, 5.74) is 0. The molecule has 0 aliphatic rings. The van der Waals surface area contributed by atoms with E-state index in [4.69, 9.17) is 5.26 Å². The quantitative estimate of drug-likeness (QED) is 0.600. The molecule has 11 heavy (non-hydrogen) atoms. The third kappa shape index (κ3) is 2.56. The smallest absolute Gasteiger partial charge is 0.128 e. The average Bonchev–Trinajstić information content (AvgIpc) is 2.01. The van der Waals surface area contributed by atoms with Gasteiger partial charge in [0.2, 0.25) is 0 Å². The number of pyridine rings is 1. The minimum atomic E-state index is 0.281. The largest absolute Gasteiger partial charge is 0.357 e. The number of rotatable bonds is 2. The van der Waals surface area contributed by atoms with Gasteiger partial charge in [-0.1, -0.05) is 6.07 Å². The van der Waals surface area contributed by atoms with Crippen LogP contribution < -0.4 is 5.32 Å². The molecule has 1 rings (SSSR count). The first-order valence-electron chi connectivity index (χ1n) is 3.06. The van der Waals surface area contributed by atoms with Gasteiger partial charge >= 0.3 is 0 Å². The van der Waals surface area contributed by atoms with Crippen LogP contribution in [0.5, 0.6) is 0 Å². The number of nitrogens with one attached hydrogen (secondary N) is 1. The van der Waals surface area contributed by atoms with Crippen molar-refractivity contribution in [1.82, 2.24) is 4.98 Å². The molecule has 0 bridgehead atoms. The fourth-order valence-corrected chi connectivity index (χ4v) is 0.980. The van der Waals surface area contributed by atoms with Crippen molar-refractivity contribution < 1.29 is 0 Å². The zero-order chi connectivity index (χ0) is 8.10. The molecule has 56 valence electrons. The van der Waals surface area contributed by atoms with Gasteiger partial charge in [-0.2, -0.15) is 5.26 Å². The van der Waals surface area contributed by atoms with Crippen LogP contribution >= 0.6 is 15.9 Å². The van der Waals surface area contributed by atoms with Gasteiger partial charge in [0.15, 0.2) is 0 Å². The van der Waals surface area contributed by atoms with Gasteiger partial charge in [-0.25, -0.2) is 4.98 Å². The van der Waals surface area contributed by atoms with Gasteiger partial charge in [-0.3, -0.25) is 0 Å². The number of nitrogens with zero attached hydrogens (tertiary/aromatic N) is 2. The number of nitriles is 1. The summed E-state index contributed by atoms with van der Waals surface area (Å²) < 4.78 is 0.764. The van der Waals surface area contributed by atoms with Crippen LogP contribution in [0, 0.1) is 11.3 Å². The molecule has 0 saturated heterocycles. The molecule has 0 unspecified atom stereocenters. The van der Waals surface area contributed by atoms with Crippen LogP contribution in [0.15, 0.2) is 22.8 Å². The van der Waals surface area contributed by atoms with Crippen LogP contribution in [0.4, 0.5) is 5.82 Å². The summed E-state index contributed by atoms with van der Waals surface area (Å²) in [6, 6.07) is 7.47. The lowest BCUT2D eigenvalue weighted by Gasteiger charge is -1.98. The Hall–Kier alpha value is -1.08. The van der Waals surface area contributed by atoms with Crippen molar-refractivity contribution in [2.45, 2.75) is 0 Å². The Bertz CT molecular complexity index is 279. The Morgan fingerprint density at radius 2 is 2.45 bits per heavy atom. The van der Waals surface area contributed by atoms with Gasteiger partial charge in [0.05, 0.1) is 6.07 Å². The minimum absolute atomic E-state index is 0.281. The van der Waals surface area contributed by atoms with Crippen molar-refractivity contribution in [3.63, 3.8) is 0 Å². The fourth-order valence-electron chi connectivity index (χ4n) is 0.637. The second kappa shape index (κ2) is 3.94. The summed E-state index contributed by atoms with van der Waals surface area (Å²) in [4.78, 5) is 4.07. The van der Waals surface area contributed by atoms with E-state index in [9.17, 15) is 0 Å². The Kier molecular flexibility index (Phi) is 2.87. The molecule has 3 nitrogen and oxygen atoms in total. The van der Waals surface area contributed by atoms with E-state index in [0.717, 1.165) is 4.60 Å². The zero-order valence-electron chi connectivity index (χ0n) is 5.71. The van der Waals surface area contributed by atoms with E-state index in [-0.39, 0.29) is 6.54 Å². The summed E-state index contributed by atoms with van der Waals surface area (Å²) in [6.45, 7) is 0.281. The first-order valence-corrected chi connectivity index (χ1v) is 3.85. The second-order valence-electron chi connectivity index (χ2n) is 1.86. The molecule has 0 amide bonds. The van der Waals surface area contributed by atoms with Gasteiger partial charge in [-0.15, -0.1) is 0 Å². The zero-order valence-corrected chi connectivity index (χ0v) is 7.30. The Balaban J connectivity index is 2.65. The maximum Gasteiger partial charge on any atom is 0.128 e. The SMILES string of the molecule is N#CCNc1cccc(Br)n1. The topological polar surface area (TPSA) is 48.7 Å². The molecule has 0 fully saturated rings. The van der Waals surface area contributed by atoms with Gasteiger partial charge in [-0.05, 0) is 28.1 Å². The van der Waals surface area contributed by atoms with Gasteiger partial charge < -0.3 is 5.32 Å². The van der Waals surface area contributed by atoms with Crippen LogP contribution in [0.3, 0.4) is 0 Å². The Morgan fingerprint density at radius 3 is 3.09 bits per heavy atom. The minimum Gasteiger partial charge on any atom is -0.357 e. The molecular formula is C7H6BrN3. The van der Waals surface area contributed by atoms with Crippen molar-refractivity contribution in [2.24, 2.45) is 0 Å². The molecular weight excluding hydrogens is 206 g/mol. The molecule has 0 aromatic carbocycles. The van der Waals surface area contributed by atoms with Crippen LogP contribution in [0.1, 0.15) is 0 Å². The van der Waals surface area contributed by atoms with Crippen molar-refractivity contribution in [2.75, 3.05) is 11.9 Å². The number of hydrogen-bond donors (Lipinski definition) is 1. The van der Waals surface area contributed by atoms with Crippen LogP contribution in [-0.4, -0.2) is 11.5 Å². The fraction of sp³-hybridized carbons (Fsp3) is 0.143. The first-order chi connectivity index (χ1) is 5.33. The number of aromatic nitrogens is 1. The highest BCUT2D eigenvalue weighted by Crippen LogP contribution is 2.09. The van der Waals surface area contributed by atoms with E-state index in [2.05, 4.69) is 26.2 Å². The molecule has 0 spiro atoms. The van der Waals surface area contributed by atoms with E-state index >= 15 is 0 Å². The number of hydrogen-bond acceptors (Lipinski definition) is 3. The third-order valence-electron chi connectivity index (χ3n) is 1.06. The van der Waals surface area contributed by atoms with Gasteiger partial charge in [0.25, 0.3) is 0 Å². The maximum absolute atomic E-state index is 8.24. The third-order valence-corrected chi connectivity index (χ3v) is 1.51. The van der Waals surface area contributed by atoms with Crippen LogP contribution in [-0.2, 0) is 0 Å². The highest BCUT2D eigenvalue weighted by Gasteiger charge is 1.91. The van der Waals surface area contributed by atoms with Crippen LogP contribution in [0.2, 0.25) is 0 Å². The molecule has 1 heterocycles. The first kappa shape index (κ1) is 8.02. The lowest BCUT2D eigenvalue weighted by atomic mass is 10.4. The molecule has 0 atom stereocenters. The molecule has 4 heteroatoms. The summed E-state index contributed by atoms with van der Waals surface area (Å²) in [5, 5.41) is 11.1. The molecule has 1 aromatic heterocycles. The molecule has 0 aliphatic carbocycles. The molecule has 0 radical (unpaired) electrons. The van der Waals surface area contributed by atoms with E-state index < -0.39 is 0 Å². The van der Waals surface area contributed by atoms with Crippen molar-refractivity contribution >= 4 is 21.7 Å². The monoisotopic (exact) mass is 211 g/mol. The number of halogens is 1. The van der Waals surface area contributed by atoms with Gasteiger partial charge in [0, 0.05) is 0 Å². The summed E-state index contributed by atoms with van der Waals surface area (Å²) in [6.07, 6.45) is 0.